The van der Waals surface area contributed by atoms with Crippen molar-refractivity contribution in [2.45, 2.75) is 19.4 Å². The van der Waals surface area contributed by atoms with Crippen LogP contribution in [-0.4, -0.2) is 37.7 Å². The highest BCUT2D eigenvalue weighted by Crippen LogP contribution is 2.33. The van der Waals surface area contributed by atoms with Crippen LogP contribution >= 0.6 is 11.6 Å². The van der Waals surface area contributed by atoms with E-state index in [9.17, 15) is 0 Å². The number of rotatable bonds is 2. The van der Waals surface area contributed by atoms with Gasteiger partial charge < -0.3 is 10.1 Å². The lowest BCUT2D eigenvalue weighted by Crippen LogP contribution is -2.27. The molecule has 1 aromatic rings. The third kappa shape index (κ3) is 2.63. The molecule has 4 heteroatoms. The molecule has 1 fully saturated rings. The van der Waals surface area contributed by atoms with E-state index in [1.807, 2.05) is 6.07 Å². The third-order valence-electron chi connectivity index (χ3n) is 3.65. The molecule has 0 radical (unpaired) electrons. The van der Waals surface area contributed by atoms with E-state index in [-0.39, 0.29) is 0 Å². The SMILES string of the molecule is Clc1cc2c(c(CN3CCCNCC3)c1)OCC2. The Hall–Kier alpha value is -0.770. The Morgan fingerprint density at radius 3 is 3.17 bits per heavy atom. The van der Waals surface area contributed by atoms with Gasteiger partial charge in [0.2, 0.25) is 0 Å². The van der Waals surface area contributed by atoms with Gasteiger partial charge >= 0.3 is 0 Å². The monoisotopic (exact) mass is 266 g/mol. The van der Waals surface area contributed by atoms with Crippen molar-refractivity contribution in [1.82, 2.24) is 10.2 Å². The van der Waals surface area contributed by atoms with E-state index in [1.165, 1.54) is 17.5 Å². The molecular weight excluding hydrogens is 248 g/mol. The summed E-state index contributed by atoms with van der Waals surface area (Å²) in [6, 6.07) is 4.10. The van der Waals surface area contributed by atoms with Crippen molar-refractivity contribution in [3.8, 4) is 5.75 Å². The van der Waals surface area contributed by atoms with Crippen molar-refractivity contribution in [2.75, 3.05) is 32.8 Å². The topological polar surface area (TPSA) is 24.5 Å². The minimum absolute atomic E-state index is 0.796. The summed E-state index contributed by atoms with van der Waals surface area (Å²) in [7, 11) is 0. The first-order valence-corrected chi connectivity index (χ1v) is 7.08. The smallest absolute Gasteiger partial charge is 0.127 e. The summed E-state index contributed by atoms with van der Waals surface area (Å²) in [4.78, 5) is 2.48. The predicted octanol–water partition coefficient (Wildman–Crippen LogP) is 2.07. The van der Waals surface area contributed by atoms with Gasteiger partial charge in [-0.05, 0) is 37.2 Å². The van der Waals surface area contributed by atoms with Crippen molar-refractivity contribution >= 4 is 11.6 Å². The molecule has 0 amide bonds. The zero-order valence-electron chi connectivity index (χ0n) is 10.5. The Labute approximate surface area is 113 Å². The van der Waals surface area contributed by atoms with E-state index in [0.717, 1.165) is 56.5 Å². The fourth-order valence-corrected chi connectivity index (χ4v) is 3.03. The Morgan fingerprint density at radius 2 is 2.22 bits per heavy atom. The number of hydrogen-bond donors (Lipinski definition) is 1. The number of halogens is 1. The van der Waals surface area contributed by atoms with Crippen molar-refractivity contribution in [3.63, 3.8) is 0 Å². The average Bonchev–Trinajstić information content (AvgIpc) is 2.66. The number of nitrogens with one attached hydrogen (secondary N) is 1. The lowest BCUT2D eigenvalue weighted by Gasteiger charge is -2.21. The molecule has 1 aromatic carbocycles. The predicted molar refractivity (Wildman–Crippen MR) is 73.4 cm³/mol. The first-order valence-electron chi connectivity index (χ1n) is 6.70. The molecule has 98 valence electrons. The third-order valence-corrected chi connectivity index (χ3v) is 3.87. The van der Waals surface area contributed by atoms with Crippen molar-refractivity contribution in [1.29, 1.82) is 0 Å². The summed E-state index contributed by atoms with van der Waals surface area (Å²) in [6.07, 6.45) is 2.20. The van der Waals surface area contributed by atoms with Gasteiger partial charge in [0.05, 0.1) is 6.61 Å². The molecule has 2 aliphatic heterocycles. The summed E-state index contributed by atoms with van der Waals surface area (Å²) < 4.78 is 5.76. The highest BCUT2D eigenvalue weighted by atomic mass is 35.5. The molecule has 0 unspecified atom stereocenters. The molecule has 18 heavy (non-hydrogen) atoms. The second-order valence-electron chi connectivity index (χ2n) is 5.03. The molecule has 0 spiro atoms. The molecule has 0 aliphatic carbocycles. The van der Waals surface area contributed by atoms with Gasteiger partial charge in [-0.1, -0.05) is 11.6 Å². The summed E-state index contributed by atoms with van der Waals surface area (Å²) in [5.74, 6) is 1.08. The van der Waals surface area contributed by atoms with Crippen LogP contribution in [0.2, 0.25) is 5.02 Å². The number of ether oxygens (including phenoxy) is 1. The lowest BCUT2D eigenvalue weighted by atomic mass is 10.1. The summed E-state index contributed by atoms with van der Waals surface area (Å²) in [6.45, 7) is 6.19. The van der Waals surface area contributed by atoms with Gasteiger partial charge in [0.15, 0.2) is 0 Å². The fourth-order valence-electron chi connectivity index (χ4n) is 2.76. The van der Waals surface area contributed by atoms with Crippen LogP contribution in [0.5, 0.6) is 5.75 Å². The first-order chi connectivity index (χ1) is 8.83. The minimum Gasteiger partial charge on any atom is -0.493 e. The van der Waals surface area contributed by atoms with Crippen LogP contribution in [0.3, 0.4) is 0 Å². The molecule has 2 aliphatic rings. The van der Waals surface area contributed by atoms with E-state index in [0.29, 0.717) is 0 Å². The molecular formula is C14H19ClN2O. The molecule has 2 heterocycles. The summed E-state index contributed by atoms with van der Waals surface area (Å²) in [5.41, 5.74) is 2.52. The maximum Gasteiger partial charge on any atom is 0.127 e. The molecule has 3 nitrogen and oxygen atoms in total. The van der Waals surface area contributed by atoms with Crippen LogP contribution in [0.15, 0.2) is 12.1 Å². The van der Waals surface area contributed by atoms with Crippen LogP contribution in [0.25, 0.3) is 0 Å². The number of nitrogens with zero attached hydrogens (tertiary/aromatic N) is 1. The van der Waals surface area contributed by atoms with Gasteiger partial charge in [0, 0.05) is 36.6 Å². The van der Waals surface area contributed by atoms with Crippen LogP contribution in [0.4, 0.5) is 0 Å². The molecule has 0 aromatic heterocycles. The molecule has 0 bridgehead atoms. The van der Waals surface area contributed by atoms with E-state index in [2.05, 4.69) is 16.3 Å². The van der Waals surface area contributed by atoms with Gasteiger partial charge in [-0.2, -0.15) is 0 Å². The lowest BCUT2D eigenvalue weighted by molar-refractivity contribution is 0.276. The van der Waals surface area contributed by atoms with Gasteiger partial charge in [-0.15, -0.1) is 0 Å². The maximum atomic E-state index is 6.19. The number of fused-ring (bicyclic) bond motifs is 1. The first kappa shape index (κ1) is 12.3. The largest absolute Gasteiger partial charge is 0.493 e. The molecule has 1 saturated heterocycles. The second kappa shape index (κ2) is 5.47. The van der Waals surface area contributed by atoms with E-state index in [4.69, 9.17) is 16.3 Å². The molecule has 1 N–H and O–H groups in total. The van der Waals surface area contributed by atoms with E-state index < -0.39 is 0 Å². The van der Waals surface area contributed by atoms with Gasteiger partial charge in [0.25, 0.3) is 0 Å². The zero-order chi connectivity index (χ0) is 12.4. The fraction of sp³-hybridized carbons (Fsp3) is 0.571. The zero-order valence-corrected chi connectivity index (χ0v) is 11.3. The van der Waals surface area contributed by atoms with Gasteiger partial charge in [-0.3, -0.25) is 4.90 Å². The van der Waals surface area contributed by atoms with Gasteiger partial charge in [-0.25, -0.2) is 0 Å². The molecule has 3 rings (SSSR count). The highest BCUT2D eigenvalue weighted by molar-refractivity contribution is 6.30. The van der Waals surface area contributed by atoms with Gasteiger partial charge in [0.1, 0.15) is 5.75 Å². The number of benzene rings is 1. The highest BCUT2D eigenvalue weighted by Gasteiger charge is 2.19. The minimum atomic E-state index is 0.796. The van der Waals surface area contributed by atoms with Crippen LogP contribution in [0.1, 0.15) is 17.5 Å². The normalized spacial score (nSPS) is 20.3. The average molecular weight is 267 g/mol. The Balaban J connectivity index is 1.79. The van der Waals surface area contributed by atoms with E-state index >= 15 is 0 Å². The molecule has 0 saturated carbocycles. The van der Waals surface area contributed by atoms with E-state index in [1.54, 1.807) is 0 Å². The van der Waals surface area contributed by atoms with Crippen LogP contribution in [0, 0.1) is 0 Å². The quantitative estimate of drug-likeness (QED) is 0.887. The maximum absolute atomic E-state index is 6.19. The Kier molecular flexibility index (Phi) is 3.73. The van der Waals surface area contributed by atoms with Crippen molar-refractivity contribution in [2.24, 2.45) is 0 Å². The van der Waals surface area contributed by atoms with Crippen LogP contribution < -0.4 is 10.1 Å². The second-order valence-corrected chi connectivity index (χ2v) is 5.47. The number of hydrogen-bond acceptors (Lipinski definition) is 3. The summed E-state index contributed by atoms with van der Waals surface area (Å²) in [5, 5.41) is 4.26. The molecule has 0 atom stereocenters. The standard InChI is InChI=1S/C14H19ClN2O/c15-13-8-11-2-7-18-14(11)12(9-13)10-17-5-1-3-16-4-6-17/h8-9,16H,1-7,10H2. The Bertz CT molecular complexity index is 428. The summed E-state index contributed by atoms with van der Waals surface area (Å²) >= 11 is 6.19. The van der Waals surface area contributed by atoms with Crippen molar-refractivity contribution < 1.29 is 4.74 Å². The van der Waals surface area contributed by atoms with Crippen LogP contribution in [-0.2, 0) is 13.0 Å². The Morgan fingerprint density at radius 1 is 1.28 bits per heavy atom. The van der Waals surface area contributed by atoms with Crippen molar-refractivity contribution in [3.05, 3.63) is 28.3 Å².